The number of hydrogen-bond donors (Lipinski definition) is 3. The number of benzene rings is 1. The number of nitrogens with one attached hydrogen (secondary N) is 1. The second-order valence-electron chi connectivity index (χ2n) is 11.1. The van der Waals surface area contributed by atoms with E-state index in [-0.39, 0.29) is 11.9 Å². The van der Waals surface area contributed by atoms with Crippen LogP contribution in [0.25, 0.3) is 5.57 Å². The third kappa shape index (κ3) is 5.64. The van der Waals surface area contributed by atoms with Crippen LogP contribution in [0.2, 0.25) is 0 Å². The number of allylic oxidation sites excluding steroid dienone is 1. The Morgan fingerprint density at radius 2 is 1.82 bits per heavy atom. The van der Waals surface area contributed by atoms with E-state index in [2.05, 4.69) is 34.3 Å². The molecule has 39 heavy (non-hydrogen) atoms. The first kappa shape index (κ1) is 27.1. The van der Waals surface area contributed by atoms with Crippen molar-refractivity contribution >= 4 is 40.6 Å². The number of hydrogen-bond acceptors (Lipinski definition) is 7. The van der Waals surface area contributed by atoms with E-state index in [4.69, 9.17) is 10.7 Å². The van der Waals surface area contributed by atoms with Gasteiger partial charge in [0.25, 0.3) is 0 Å². The highest BCUT2D eigenvalue weighted by atomic mass is 16.4. The molecule has 1 aromatic carbocycles. The predicted octanol–water partition coefficient (Wildman–Crippen LogP) is 5.10. The zero-order valence-corrected chi connectivity index (χ0v) is 23.0. The average molecular weight is 533 g/mol. The zero-order valence-electron chi connectivity index (χ0n) is 23.0. The molecule has 5 rings (SSSR count). The molecule has 0 unspecified atom stereocenters. The Kier molecular flexibility index (Phi) is 8.16. The second-order valence-corrected chi connectivity index (χ2v) is 11.1. The van der Waals surface area contributed by atoms with Gasteiger partial charge < -0.3 is 26.0 Å². The van der Waals surface area contributed by atoms with Crippen LogP contribution in [0.1, 0.15) is 76.7 Å². The summed E-state index contributed by atoms with van der Waals surface area (Å²) in [5.41, 5.74) is 9.69. The molecule has 2 atom stereocenters. The number of anilines is 4. The summed E-state index contributed by atoms with van der Waals surface area (Å²) in [5, 5.41) is 12.6. The molecular formula is C30H40N6O3. The molecule has 1 aromatic heterocycles. The first-order valence-electron chi connectivity index (χ1n) is 14.4. The molecule has 9 nitrogen and oxygen atoms in total. The minimum Gasteiger partial charge on any atom is -0.480 e. The zero-order chi connectivity index (χ0) is 27.5. The highest BCUT2D eigenvalue weighted by Gasteiger charge is 2.41. The number of carbonyl (C=O) groups is 2. The SMILES string of the molecule is CC[C@@H]1C(=O)N(C)c2cnc(Nc3ccc(/C(=C/C[C@H](N)C(=O)O)C4CCCC4)cc3)nc2N1C1CCCC1. The number of aromatic nitrogens is 2. The van der Waals surface area contributed by atoms with Gasteiger partial charge in [-0.1, -0.05) is 50.8 Å². The van der Waals surface area contributed by atoms with Gasteiger partial charge in [0.1, 0.15) is 17.8 Å². The minimum absolute atomic E-state index is 0.104. The normalized spacial score (nSPS) is 21.4. The summed E-state index contributed by atoms with van der Waals surface area (Å²) < 4.78 is 0. The fraction of sp³-hybridized carbons (Fsp3) is 0.533. The van der Waals surface area contributed by atoms with Gasteiger partial charge in [0.05, 0.1) is 6.20 Å². The maximum Gasteiger partial charge on any atom is 0.320 e. The third-order valence-corrected chi connectivity index (χ3v) is 8.59. The van der Waals surface area contributed by atoms with Crippen LogP contribution in [-0.2, 0) is 9.59 Å². The molecule has 2 fully saturated rings. The van der Waals surface area contributed by atoms with Crippen LogP contribution in [0.3, 0.4) is 0 Å². The van der Waals surface area contributed by atoms with Crippen molar-refractivity contribution in [2.24, 2.45) is 11.7 Å². The van der Waals surface area contributed by atoms with E-state index < -0.39 is 12.0 Å². The van der Waals surface area contributed by atoms with Crippen molar-refractivity contribution in [1.29, 1.82) is 0 Å². The molecule has 1 aliphatic heterocycles. The van der Waals surface area contributed by atoms with Crippen molar-refractivity contribution in [1.82, 2.24) is 9.97 Å². The molecule has 2 heterocycles. The fourth-order valence-electron chi connectivity index (χ4n) is 6.43. The van der Waals surface area contributed by atoms with Gasteiger partial charge in [0.15, 0.2) is 5.82 Å². The molecule has 4 N–H and O–H groups in total. The van der Waals surface area contributed by atoms with E-state index >= 15 is 0 Å². The Bertz CT molecular complexity index is 1220. The van der Waals surface area contributed by atoms with E-state index in [9.17, 15) is 14.7 Å². The maximum atomic E-state index is 13.1. The molecule has 0 radical (unpaired) electrons. The van der Waals surface area contributed by atoms with Gasteiger partial charge in [-0.15, -0.1) is 0 Å². The van der Waals surface area contributed by atoms with Gasteiger partial charge in [0, 0.05) is 18.8 Å². The maximum absolute atomic E-state index is 13.1. The molecule has 208 valence electrons. The van der Waals surface area contributed by atoms with E-state index in [1.165, 1.54) is 31.3 Å². The Balaban J connectivity index is 1.39. The topological polar surface area (TPSA) is 125 Å². The van der Waals surface area contributed by atoms with E-state index in [1.807, 2.05) is 25.3 Å². The number of rotatable bonds is 9. The summed E-state index contributed by atoms with van der Waals surface area (Å²) in [6.45, 7) is 2.06. The first-order valence-corrected chi connectivity index (χ1v) is 14.4. The average Bonchev–Trinajstić information content (AvgIpc) is 3.66. The quantitative estimate of drug-likeness (QED) is 0.407. The lowest BCUT2D eigenvalue weighted by atomic mass is 9.89. The van der Waals surface area contributed by atoms with Crippen molar-refractivity contribution in [3.63, 3.8) is 0 Å². The largest absolute Gasteiger partial charge is 0.480 e. The number of aliphatic carboxylic acids is 1. The monoisotopic (exact) mass is 532 g/mol. The Labute approximate surface area is 230 Å². The Morgan fingerprint density at radius 3 is 2.46 bits per heavy atom. The Hall–Kier alpha value is -3.46. The number of likely N-dealkylation sites (N-methyl/N-ethyl adjacent to an activating group) is 1. The predicted molar refractivity (Wildman–Crippen MR) is 154 cm³/mol. The van der Waals surface area contributed by atoms with Gasteiger partial charge in [-0.05, 0) is 67.7 Å². The number of amides is 1. The van der Waals surface area contributed by atoms with Crippen molar-refractivity contribution in [3.8, 4) is 0 Å². The van der Waals surface area contributed by atoms with Crippen molar-refractivity contribution in [2.45, 2.75) is 89.3 Å². The molecule has 9 heteroatoms. The molecule has 2 aromatic rings. The van der Waals surface area contributed by atoms with Crippen LogP contribution < -0.4 is 20.9 Å². The van der Waals surface area contributed by atoms with Crippen LogP contribution in [0.15, 0.2) is 36.5 Å². The summed E-state index contributed by atoms with van der Waals surface area (Å²) in [5.74, 6) is 0.884. The van der Waals surface area contributed by atoms with Crippen molar-refractivity contribution in [3.05, 3.63) is 42.1 Å². The first-order chi connectivity index (χ1) is 18.9. The van der Waals surface area contributed by atoms with Crippen LogP contribution in [0, 0.1) is 5.92 Å². The van der Waals surface area contributed by atoms with Crippen molar-refractivity contribution < 1.29 is 14.7 Å². The lowest BCUT2D eigenvalue weighted by molar-refractivity contribution is -0.138. The van der Waals surface area contributed by atoms with E-state index in [0.717, 1.165) is 54.9 Å². The highest BCUT2D eigenvalue weighted by Crippen LogP contribution is 2.40. The number of carboxylic acid groups (broad SMARTS) is 1. The summed E-state index contributed by atoms with van der Waals surface area (Å²) in [7, 11) is 1.81. The van der Waals surface area contributed by atoms with Crippen LogP contribution in [0.4, 0.5) is 23.1 Å². The third-order valence-electron chi connectivity index (χ3n) is 8.59. The summed E-state index contributed by atoms with van der Waals surface area (Å²) >= 11 is 0. The van der Waals surface area contributed by atoms with Crippen LogP contribution in [-0.4, -0.2) is 52.1 Å². The van der Waals surface area contributed by atoms with Gasteiger partial charge in [-0.2, -0.15) is 4.98 Å². The number of fused-ring (bicyclic) bond motifs is 1. The number of nitrogens with two attached hydrogens (primary N) is 1. The summed E-state index contributed by atoms with van der Waals surface area (Å²) in [6.07, 6.45) is 14.0. The number of carboxylic acids is 1. The molecule has 2 saturated carbocycles. The standard InChI is InChI=1S/C30H40N6O3/c1-3-25-28(37)35(2)26-18-32-30(34-27(26)36(25)22-10-6-7-11-22)33-21-14-12-20(13-15-21)23(19-8-4-5-9-19)16-17-24(31)29(38)39/h12-16,18-19,22,24-25H,3-11,17,31H2,1-2H3,(H,38,39)(H,32,33,34)/b23-16+/t24-,25+/m0/s1. The van der Waals surface area contributed by atoms with Gasteiger partial charge >= 0.3 is 5.97 Å². The van der Waals surface area contributed by atoms with Gasteiger partial charge in [-0.3, -0.25) is 9.59 Å². The highest BCUT2D eigenvalue weighted by molar-refractivity contribution is 6.04. The lowest BCUT2D eigenvalue weighted by Gasteiger charge is -2.43. The number of carbonyl (C=O) groups excluding carboxylic acids is 1. The molecular weight excluding hydrogens is 492 g/mol. The van der Waals surface area contributed by atoms with Crippen molar-refractivity contribution in [2.75, 3.05) is 22.2 Å². The van der Waals surface area contributed by atoms with Crippen LogP contribution in [0.5, 0.6) is 0 Å². The van der Waals surface area contributed by atoms with Crippen LogP contribution >= 0.6 is 0 Å². The summed E-state index contributed by atoms with van der Waals surface area (Å²) in [4.78, 5) is 37.8. The second kappa shape index (κ2) is 11.7. The van der Waals surface area contributed by atoms with Gasteiger partial charge in [0.2, 0.25) is 11.9 Å². The van der Waals surface area contributed by atoms with Gasteiger partial charge in [-0.25, -0.2) is 4.98 Å². The number of nitrogens with zero attached hydrogens (tertiary/aromatic N) is 4. The minimum atomic E-state index is -0.978. The summed E-state index contributed by atoms with van der Waals surface area (Å²) in [6, 6.07) is 7.39. The molecule has 0 bridgehead atoms. The molecule has 1 amide bonds. The molecule has 0 spiro atoms. The van der Waals surface area contributed by atoms with E-state index in [1.54, 1.807) is 11.1 Å². The molecule has 2 aliphatic carbocycles. The van der Waals surface area contributed by atoms with E-state index in [0.29, 0.717) is 24.3 Å². The Morgan fingerprint density at radius 1 is 1.15 bits per heavy atom. The smallest absolute Gasteiger partial charge is 0.320 e. The molecule has 0 saturated heterocycles. The lowest BCUT2D eigenvalue weighted by Crippen LogP contribution is -2.55. The fourth-order valence-corrected chi connectivity index (χ4v) is 6.43. The molecule has 3 aliphatic rings.